The number of rotatable bonds is 5. The first-order valence-electron chi connectivity index (χ1n) is 11.6. The first-order valence-corrected chi connectivity index (χ1v) is 11.6. The predicted molar refractivity (Wildman–Crippen MR) is 133 cm³/mol. The van der Waals surface area contributed by atoms with Crippen LogP contribution in [-0.2, 0) is 4.79 Å². The normalized spacial score (nSPS) is 15.6. The van der Waals surface area contributed by atoms with E-state index in [0.29, 0.717) is 46.7 Å². The molecule has 1 fully saturated rings. The van der Waals surface area contributed by atoms with Crippen molar-refractivity contribution in [1.29, 1.82) is 0 Å². The second kappa shape index (κ2) is 9.69. The number of carbonyl (C=O) groups excluding carboxylic acids is 3. The van der Waals surface area contributed by atoms with E-state index in [-0.39, 0.29) is 29.9 Å². The fourth-order valence-electron chi connectivity index (χ4n) is 4.54. The number of ketones is 1. The van der Waals surface area contributed by atoms with Crippen LogP contribution in [0.4, 0.5) is 0 Å². The quantitative estimate of drug-likeness (QED) is 0.314. The fourth-order valence-corrected chi connectivity index (χ4v) is 4.54. The number of nitrogens with zero attached hydrogens (tertiary/aromatic N) is 5. The van der Waals surface area contributed by atoms with E-state index in [1.807, 2.05) is 13.0 Å². The Hall–Kier alpha value is -4.80. The Balaban J connectivity index is 1.40. The molecule has 0 radical (unpaired) electrons. The lowest BCUT2D eigenvalue weighted by Gasteiger charge is -2.39. The Morgan fingerprint density at radius 3 is 2.51 bits per heavy atom. The molecule has 0 aliphatic carbocycles. The predicted octanol–water partition coefficient (Wildman–Crippen LogP) is 2.29. The van der Waals surface area contributed by atoms with Gasteiger partial charge in [-0.15, -0.1) is 0 Å². The number of pyridine rings is 1. The highest BCUT2D eigenvalue weighted by atomic mass is 16.5. The van der Waals surface area contributed by atoms with Crippen molar-refractivity contribution in [3.8, 4) is 23.0 Å². The van der Waals surface area contributed by atoms with E-state index in [0.717, 1.165) is 0 Å². The van der Waals surface area contributed by atoms with Crippen molar-refractivity contribution < 1.29 is 24.2 Å². The van der Waals surface area contributed by atoms with Gasteiger partial charge >= 0.3 is 0 Å². The summed E-state index contributed by atoms with van der Waals surface area (Å²) in [5.74, 6) is -1.39. The maximum atomic E-state index is 13.4. The number of ether oxygens (including phenoxy) is 1. The van der Waals surface area contributed by atoms with E-state index < -0.39 is 11.7 Å². The summed E-state index contributed by atoms with van der Waals surface area (Å²) in [4.78, 5) is 58.2. The number of aromatic nitrogens is 4. The maximum absolute atomic E-state index is 13.4. The summed E-state index contributed by atoms with van der Waals surface area (Å²) in [6.07, 6.45) is 5.44. The molecule has 1 aliphatic rings. The van der Waals surface area contributed by atoms with Crippen molar-refractivity contribution in [2.45, 2.75) is 13.0 Å². The van der Waals surface area contributed by atoms with Crippen molar-refractivity contribution in [2.24, 2.45) is 0 Å². The third kappa shape index (κ3) is 4.35. The molecule has 3 aromatic heterocycles. The smallest absolute Gasteiger partial charge is 0.295 e. The number of aromatic hydroxyl groups is 1. The van der Waals surface area contributed by atoms with Crippen molar-refractivity contribution in [3.05, 3.63) is 66.2 Å². The molecule has 1 aromatic carbocycles. The van der Waals surface area contributed by atoms with Gasteiger partial charge in [-0.2, -0.15) is 0 Å². The van der Waals surface area contributed by atoms with E-state index in [1.54, 1.807) is 29.2 Å². The van der Waals surface area contributed by atoms with Crippen LogP contribution < -0.4 is 4.74 Å². The van der Waals surface area contributed by atoms with Crippen molar-refractivity contribution in [2.75, 3.05) is 26.7 Å². The Bertz CT molecular complexity index is 1480. The van der Waals surface area contributed by atoms with Crippen LogP contribution in [0.15, 0.2) is 55.1 Å². The van der Waals surface area contributed by atoms with Crippen LogP contribution in [-0.4, -0.2) is 85.2 Å². The summed E-state index contributed by atoms with van der Waals surface area (Å²) in [6, 6.07) is 8.61. The number of Topliss-reactive ketones (excluding diaryl/α,β-unsaturated/α-hetero) is 1. The molecule has 1 saturated heterocycles. The highest BCUT2D eigenvalue weighted by Gasteiger charge is 2.35. The summed E-state index contributed by atoms with van der Waals surface area (Å²) in [6.45, 7) is 2.69. The van der Waals surface area contributed by atoms with Gasteiger partial charge in [-0.05, 0) is 19.1 Å². The van der Waals surface area contributed by atoms with Crippen LogP contribution in [0.3, 0.4) is 0 Å². The molecule has 2 amide bonds. The van der Waals surface area contributed by atoms with Crippen LogP contribution in [0.25, 0.3) is 22.3 Å². The van der Waals surface area contributed by atoms with Gasteiger partial charge in [0.2, 0.25) is 5.88 Å². The molecule has 0 spiro atoms. The molecule has 0 unspecified atom stereocenters. The average Bonchev–Trinajstić information content (AvgIpc) is 3.38. The maximum Gasteiger partial charge on any atom is 0.295 e. The minimum absolute atomic E-state index is 0.107. The Labute approximate surface area is 211 Å². The van der Waals surface area contributed by atoms with Crippen LogP contribution >= 0.6 is 0 Å². The number of amides is 2. The molecule has 11 nitrogen and oxygen atoms in total. The highest BCUT2D eigenvalue weighted by molar-refractivity contribution is 6.45. The summed E-state index contributed by atoms with van der Waals surface area (Å²) in [5, 5.41) is 9.85. The molecule has 5 rings (SSSR count). The SMILES string of the molecule is COc1cnc(-c2cnc(O)cn2)c2[nH]cc(C(=O)C(=O)N3CCN(C(=O)c4ccccc4)C[C@H]3C)c12. The zero-order valence-electron chi connectivity index (χ0n) is 20.2. The van der Waals surface area contributed by atoms with Gasteiger partial charge in [-0.25, -0.2) is 15.0 Å². The lowest BCUT2D eigenvalue weighted by molar-refractivity contribution is -0.130. The zero-order valence-corrected chi connectivity index (χ0v) is 20.2. The summed E-state index contributed by atoms with van der Waals surface area (Å²) in [5.41, 5.74) is 1.92. The number of aromatic amines is 1. The molecule has 1 atom stereocenters. The van der Waals surface area contributed by atoms with E-state index >= 15 is 0 Å². The van der Waals surface area contributed by atoms with Gasteiger partial charge in [-0.1, -0.05) is 18.2 Å². The van der Waals surface area contributed by atoms with E-state index in [9.17, 15) is 19.5 Å². The first-order chi connectivity index (χ1) is 17.9. The summed E-state index contributed by atoms with van der Waals surface area (Å²) < 4.78 is 5.44. The lowest BCUT2D eigenvalue weighted by atomic mass is 10.0. The van der Waals surface area contributed by atoms with Gasteiger partial charge in [-0.3, -0.25) is 14.4 Å². The Morgan fingerprint density at radius 1 is 1.05 bits per heavy atom. The highest BCUT2D eigenvalue weighted by Crippen LogP contribution is 2.34. The Morgan fingerprint density at radius 2 is 1.84 bits per heavy atom. The number of hydrogen-bond acceptors (Lipinski definition) is 8. The monoisotopic (exact) mass is 500 g/mol. The number of benzene rings is 1. The molecule has 37 heavy (non-hydrogen) atoms. The number of carbonyl (C=O) groups is 3. The third-order valence-corrected chi connectivity index (χ3v) is 6.41. The molecular formula is C26H24N6O5. The molecule has 0 saturated carbocycles. The number of fused-ring (bicyclic) bond motifs is 1. The molecule has 0 bridgehead atoms. The van der Waals surface area contributed by atoms with Crippen LogP contribution in [0.5, 0.6) is 11.6 Å². The molecule has 188 valence electrons. The van der Waals surface area contributed by atoms with Crippen LogP contribution in [0.1, 0.15) is 27.6 Å². The number of hydrogen-bond donors (Lipinski definition) is 2. The summed E-state index contributed by atoms with van der Waals surface area (Å²) in [7, 11) is 1.45. The lowest BCUT2D eigenvalue weighted by Crippen LogP contribution is -2.56. The number of H-pyrrole nitrogens is 1. The third-order valence-electron chi connectivity index (χ3n) is 6.41. The van der Waals surface area contributed by atoms with Gasteiger partial charge in [0.05, 0.1) is 42.2 Å². The summed E-state index contributed by atoms with van der Waals surface area (Å²) >= 11 is 0. The second-order valence-corrected chi connectivity index (χ2v) is 8.68. The van der Waals surface area contributed by atoms with Crippen molar-refractivity contribution in [1.82, 2.24) is 29.7 Å². The van der Waals surface area contributed by atoms with Crippen LogP contribution in [0.2, 0.25) is 0 Å². The number of methoxy groups -OCH3 is 1. The van der Waals surface area contributed by atoms with Gasteiger partial charge < -0.3 is 24.6 Å². The first kappa shape index (κ1) is 23.9. The zero-order chi connectivity index (χ0) is 26.1. The molecule has 11 heteroatoms. The average molecular weight is 501 g/mol. The largest absolute Gasteiger partial charge is 0.494 e. The molecule has 2 N–H and O–H groups in total. The minimum Gasteiger partial charge on any atom is -0.494 e. The molecular weight excluding hydrogens is 476 g/mol. The molecule has 4 heterocycles. The van der Waals surface area contributed by atoms with E-state index in [1.165, 1.54) is 36.8 Å². The van der Waals surface area contributed by atoms with Gasteiger partial charge in [0, 0.05) is 37.4 Å². The van der Waals surface area contributed by atoms with Gasteiger partial charge in [0.25, 0.3) is 17.6 Å². The number of nitrogens with one attached hydrogen (secondary N) is 1. The fraction of sp³-hybridized carbons (Fsp3) is 0.231. The molecule has 4 aromatic rings. The van der Waals surface area contributed by atoms with E-state index in [2.05, 4.69) is 19.9 Å². The topological polar surface area (TPSA) is 142 Å². The minimum atomic E-state index is -0.701. The number of piperazine rings is 1. The Kier molecular flexibility index (Phi) is 6.26. The van der Waals surface area contributed by atoms with Crippen molar-refractivity contribution in [3.63, 3.8) is 0 Å². The second-order valence-electron chi connectivity index (χ2n) is 8.68. The van der Waals surface area contributed by atoms with E-state index in [4.69, 9.17) is 4.74 Å². The standard InChI is InChI=1S/C26H24N6O5/c1-15-14-31(25(35)16-6-4-3-5-7-16)8-9-32(15)26(36)24(34)17-10-29-23-21(17)19(37-2)12-30-22(23)18-11-28-20(33)13-27-18/h3-7,10-13,15,29H,8-9,14H2,1-2H3,(H,28,33)/t15-/m1/s1. The van der Waals surface area contributed by atoms with Gasteiger partial charge in [0.1, 0.15) is 17.1 Å². The van der Waals surface area contributed by atoms with Gasteiger partial charge in [0.15, 0.2) is 0 Å². The molecule has 1 aliphatic heterocycles. The van der Waals surface area contributed by atoms with Crippen molar-refractivity contribution >= 4 is 28.5 Å². The van der Waals surface area contributed by atoms with Crippen LogP contribution in [0, 0.1) is 0 Å².